The van der Waals surface area contributed by atoms with E-state index < -0.39 is 0 Å². The van der Waals surface area contributed by atoms with E-state index in [2.05, 4.69) is 21.2 Å². The van der Waals surface area contributed by atoms with Gasteiger partial charge in [-0.25, -0.2) is 0 Å². The Bertz CT molecular complexity index is 322. The van der Waals surface area contributed by atoms with E-state index >= 15 is 0 Å². The van der Waals surface area contributed by atoms with Crippen LogP contribution in [0.1, 0.15) is 11.6 Å². The molecule has 5 heteroatoms. The molecular formula is C10H14BrClN2O. The number of rotatable bonds is 5. The molecule has 3 nitrogen and oxygen atoms in total. The second-order valence-corrected chi connectivity index (χ2v) is 4.45. The molecule has 0 saturated heterocycles. The van der Waals surface area contributed by atoms with Crippen molar-refractivity contribution in [2.45, 2.75) is 6.04 Å². The van der Waals surface area contributed by atoms with Crippen LogP contribution in [-0.4, -0.2) is 24.8 Å². The first kappa shape index (κ1) is 12.9. The van der Waals surface area contributed by atoms with Crippen molar-refractivity contribution in [2.24, 2.45) is 5.73 Å². The van der Waals surface area contributed by atoms with Crippen molar-refractivity contribution >= 4 is 27.5 Å². The normalized spacial score (nSPS) is 12.8. The minimum absolute atomic E-state index is 0.0258. The van der Waals surface area contributed by atoms with Gasteiger partial charge in [-0.3, -0.25) is 0 Å². The summed E-state index contributed by atoms with van der Waals surface area (Å²) in [5.74, 6) is 0. The van der Waals surface area contributed by atoms with Gasteiger partial charge in [0, 0.05) is 28.6 Å². The van der Waals surface area contributed by atoms with Crippen LogP contribution in [-0.2, 0) is 0 Å². The van der Waals surface area contributed by atoms with Crippen LogP contribution in [0.5, 0.6) is 0 Å². The summed E-state index contributed by atoms with van der Waals surface area (Å²) in [6.45, 7) is 1.03. The second kappa shape index (κ2) is 6.45. The predicted molar refractivity (Wildman–Crippen MR) is 66.0 cm³/mol. The summed E-state index contributed by atoms with van der Waals surface area (Å²) in [4.78, 5) is 0. The molecule has 15 heavy (non-hydrogen) atoms. The van der Waals surface area contributed by atoms with Crippen molar-refractivity contribution in [3.05, 3.63) is 33.3 Å². The van der Waals surface area contributed by atoms with Crippen molar-refractivity contribution < 1.29 is 5.11 Å². The first-order valence-electron chi connectivity index (χ1n) is 4.68. The second-order valence-electron chi connectivity index (χ2n) is 3.13. The summed E-state index contributed by atoms with van der Waals surface area (Å²) < 4.78 is 0.964. The Hall–Kier alpha value is -0.130. The average molecular weight is 294 g/mol. The van der Waals surface area contributed by atoms with Gasteiger partial charge in [0.05, 0.1) is 6.61 Å². The van der Waals surface area contributed by atoms with Crippen LogP contribution in [0.25, 0.3) is 0 Å². The van der Waals surface area contributed by atoms with Crippen LogP contribution in [0.3, 0.4) is 0 Å². The van der Waals surface area contributed by atoms with Crippen LogP contribution in [0.2, 0.25) is 5.02 Å². The maximum Gasteiger partial charge on any atom is 0.0556 e. The summed E-state index contributed by atoms with van der Waals surface area (Å²) in [6, 6.07) is 5.61. The highest BCUT2D eigenvalue weighted by molar-refractivity contribution is 9.10. The number of nitrogens with two attached hydrogens (primary N) is 1. The van der Waals surface area contributed by atoms with Crippen molar-refractivity contribution in [3.63, 3.8) is 0 Å². The number of hydrogen-bond donors (Lipinski definition) is 3. The lowest BCUT2D eigenvalue weighted by atomic mass is 10.1. The van der Waals surface area contributed by atoms with Crippen LogP contribution >= 0.6 is 27.5 Å². The molecule has 0 spiro atoms. The Morgan fingerprint density at radius 3 is 2.87 bits per heavy atom. The number of halogens is 2. The van der Waals surface area contributed by atoms with Gasteiger partial charge in [-0.1, -0.05) is 27.5 Å². The molecule has 0 saturated carbocycles. The number of aliphatic hydroxyl groups is 1. The molecule has 0 fully saturated rings. The van der Waals surface area contributed by atoms with Gasteiger partial charge in [0.2, 0.25) is 0 Å². The lowest BCUT2D eigenvalue weighted by Gasteiger charge is -2.18. The minimum Gasteiger partial charge on any atom is -0.395 e. The third-order valence-electron chi connectivity index (χ3n) is 2.07. The van der Waals surface area contributed by atoms with Crippen molar-refractivity contribution in [1.82, 2.24) is 5.32 Å². The fourth-order valence-corrected chi connectivity index (χ4v) is 1.97. The monoisotopic (exact) mass is 292 g/mol. The molecule has 84 valence electrons. The van der Waals surface area contributed by atoms with E-state index in [4.69, 9.17) is 22.4 Å². The lowest BCUT2D eigenvalue weighted by Crippen LogP contribution is -2.30. The van der Waals surface area contributed by atoms with Crippen molar-refractivity contribution in [1.29, 1.82) is 0 Å². The maximum atomic E-state index is 8.74. The van der Waals surface area contributed by atoms with Crippen LogP contribution in [0.15, 0.2) is 22.7 Å². The highest BCUT2D eigenvalue weighted by Crippen LogP contribution is 2.25. The molecule has 1 unspecified atom stereocenters. The molecule has 0 bridgehead atoms. The SMILES string of the molecule is NCC(NCCO)c1cc(Br)ccc1Cl. The van der Waals surface area contributed by atoms with Crippen LogP contribution in [0, 0.1) is 0 Å². The average Bonchev–Trinajstić information content (AvgIpc) is 2.24. The zero-order valence-corrected chi connectivity index (χ0v) is 10.6. The third-order valence-corrected chi connectivity index (χ3v) is 2.91. The molecule has 0 amide bonds. The van der Waals surface area contributed by atoms with E-state index in [1.807, 2.05) is 18.2 Å². The Kier molecular flexibility index (Phi) is 5.56. The van der Waals surface area contributed by atoms with Gasteiger partial charge in [0.1, 0.15) is 0 Å². The van der Waals surface area contributed by atoms with Gasteiger partial charge in [-0.15, -0.1) is 0 Å². The lowest BCUT2D eigenvalue weighted by molar-refractivity contribution is 0.285. The molecule has 1 atom stereocenters. The third kappa shape index (κ3) is 3.74. The summed E-state index contributed by atoms with van der Waals surface area (Å²) >= 11 is 9.46. The van der Waals surface area contributed by atoms with Gasteiger partial charge < -0.3 is 16.2 Å². The summed E-state index contributed by atoms with van der Waals surface area (Å²) in [5.41, 5.74) is 6.59. The summed E-state index contributed by atoms with van der Waals surface area (Å²) in [7, 11) is 0. The molecular weight excluding hydrogens is 279 g/mol. The molecule has 1 aromatic rings. The highest BCUT2D eigenvalue weighted by Gasteiger charge is 2.12. The van der Waals surface area contributed by atoms with Crippen molar-refractivity contribution in [2.75, 3.05) is 19.7 Å². The zero-order chi connectivity index (χ0) is 11.3. The molecule has 0 aromatic heterocycles. The fourth-order valence-electron chi connectivity index (χ4n) is 1.34. The Morgan fingerprint density at radius 2 is 2.27 bits per heavy atom. The molecule has 1 aromatic carbocycles. The van der Waals surface area contributed by atoms with Crippen LogP contribution in [0.4, 0.5) is 0 Å². The van der Waals surface area contributed by atoms with Crippen LogP contribution < -0.4 is 11.1 Å². The van der Waals surface area contributed by atoms with E-state index in [0.29, 0.717) is 18.1 Å². The predicted octanol–water partition coefficient (Wildman–Crippen LogP) is 1.68. The Morgan fingerprint density at radius 1 is 1.53 bits per heavy atom. The van der Waals surface area contributed by atoms with E-state index in [1.165, 1.54) is 0 Å². The molecule has 4 N–H and O–H groups in total. The van der Waals surface area contributed by atoms with Gasteiger partial charge >= 0.3 is 0 Å². The van der Waals surface area contributed by atoms with E-state index in [0.717, 1.165) is 10.0 Å². The molecule has 0 aliphatic carbocycles. The topological polar surface area (TPSA) is 58.3 Å². The molecule has 0 aliphatic rings. The van der Waals surface area contributed by atoms with Gasteiger partial charge in [0.25, 0.3) is 0 Å². The summed E-state index contributed by atoms with van der Waals surface area (Å²) in [6.07, 6.45) is 0. The maximum absolute atomic E-state index is 8.74. The quantitative estimate of drug-likeness (QED) is 0.774. The Labute approximate surface area is 103 Å². The van der Waals surface area contributed by atoms with E-state index in [1.54, 1.807) is 0 Å². The molecule has 0 aliphatic heterocycles. The largest absolute Gasteiger partial charge is 0.395 e. The minimum atomic E-state index is -0.0258. The summed E-state index contributed by atoms with van der Waals surface area (Å²) in [5, 5.41) is 12.5. The molecule has 0 heterocycles. The highest BCUT2D eigenvalue weighted by atomic mass is 79.9. The smallest absolute Gasteiger partial charge is 0.0556 e. The fraction of sp³-hybridized carbons (Fsp3) is 0.400. The van der Waals surface area contributed by atoms with Crippen molar-refractivity contribution in [3.8, 4) is 0 Å². The van der Waals surface area contributed by atoms with Gasteiger partial charge in [-0.2, -0.15) is 0 Å². The zero-order valence-electron chi connectivity index (χ0n) is 8.21. The number of aliphatic hydroxyl groups excluding tert-OH is 1. The van der Waals surface area contributed by atoms with Gasteiger partial charge in [0.15, 0.2) is 0 Å². The van der Waals surface area contributed by atoms with E-state index in [9.17, 15) is 0 Å². The van der Waals surface area contributed by atoms with Gasteiger partial charge in [-0.05, 0) is 23.8 Å². The first-order valence-corrected chi connectivity index (χ1v) is 5.85. The molecule has 1 rings (SSSR count). The Balaban J connectivity index is 2.85. The number of benzene rings is 1. The standard InChI is InChI=1S/C10H14BrClN2O/c11-7-1-2-9(12)8(5-7)10(6-13)14-3-4-15/h1-2,5,10,14-15H,3-4,6,13H2. The first-order chi connectivity index (χ1) is 7.19. The number of nitrogens with one attached hydrogen (secondary N) is 1. The molecule has 0 radical (unpaired) electrons. The number of hydrogen-bond acceptors (Lipinski definition) is 3. The van der Waals surface area contributed by atoms with E-state index in [-0.39, 0.29) is 12.6 Å².